The number of rotatable bonds is 11. The van der Waals surface area contributed by atoms with Crippen molar-refractivity contribution in [2.75, 3.05) is 13.1 Å². The van der Waals surface area contributed by atoms with Crippen LogP contribution in [0.4, 0.5) is 0 Å². The highest BCUT2D eigenvalue weighted by Gasteiger charge is 2.39. The van der Waals surface area contributed by atoms with E-state index in [-0.39, 0.29) is 25.5 Å². The molecule has 13 nitrogen and oxygen atoms in total. The molecule has 10 N–H and O–H groups in total. The molecule has 0 aromatic carbocycles. The number of carboxylic acids is 1. The van der Waals surface area contributed by atoms with Crippen LogP contribution in [0.3, 0.4) is 0 Å². The highest BCUT2D eigenvalue weighted by molar-refractivity contribution is 5.94. The van der Waals surface area contributed by atoms with Crippen LogP contribution in [0.1, 0.15) is 39.5 Å². The highest BCUT2D eigenvalue weighted by atomic mass is 16.4. The molecule has 0 aliphatic carbocycles. The second kappa shape index (κ2) is 12.1. The number of nitrogens with one attached hydrogen (secondary N) is 2. The smallest absolute Gasteiger partial charge is 0.326 e. The van der Waals surface area contributed by atoms with E-state index in [1.54, 1.807) is 0 Å². The van der Waals surface area contributed by atoms with E-state index in [4.69, 9.17) is 17.2 Å². The van der Waals surface area contributed by atoms with Gasteiger partial charge in [-0.2, -0.15) is 0 Å². The van der Waals surface area contributed by atoms with E-state index in [2.05, 4.69) is 15.6 Å². The monoisotopic (exact) mass is 443 g/mol. The zero-order valence-electron chi connectivity index (χ0n) is 17.8. The second-order valence-corrected chi connectivity index (χ2v) is 7.55. The molecule has 1 aliphatic heterocycles. The molecule has 3 amide bonds. The zero-order valence-corrected chi connectivity index (χ0v) is 17.8. The summed E-state index contributed by atoms with van der Waals surface area (Å²) in [6.45, 7) is 3.18. The standard InChI is InChI=1S/C18H33N7O6/c1-9(19)14(27)23-11(5-3-7-22-18(20)21)15(28)24-13(10(2)26)16(29)25-8-4-6-12(25)17(30)31/h9-13,26H,3-8,19H2,1-2H3,(H,23,27)(H,24,28)(H,30,31)(H4,20,21,22). The number of aliphatic hydroxyl groups excluding tert-OH is 1. The number of hydrogen-bond acceptors (Lipinski definition) is 7. The number of nitrogens with two attached hydrogens (primary N) is 3. The van der Waals surface area contributed by atoms with Crippen LogP contribution in [-0.4, -0.2) is 88.1 Å². The molecule has 1 fully saturated rings. The maximum absolute atomic E-state index is 12.9. The first-order valence-electron chi connectivity index (χ1n) is 10.1. The van der Waals surface area contributed by atoms with Gasteiger partial charge in [0.25, 0.3) is 0 Å². The molecule has 13 heteroatoms. The van der Waals surface area contributed by atoms with Crippen molar-refractivity contribution in [1.82, 2.24) is 15.5 Å². The molecule has 1 rings (SSSR count). The first-order valence-corrected chi connectivity index (χ1v) is 10.1. The van der Waals surface area contributed by atoms with E-state index in [0.29, 0.717) is 19.3 Å². The van der Waals surface area contributed by atoms with Gasteiger partial charge < -0.3 is 42.9 Å². The van der Waals surface area contributed by atoms with Crippen molar-refractivity contribution >= 4 is 29.7 Å². The van der Waals surface area contributed by atoms with Crippen LogP contribution >= 0.6 is 0 Å². The minimum absolute atomic E-state index is 0.112. The summed E-state index contributed by atoms with van der Waals surface area (Å²) in [6.07, 6.45) is -0.0164. The maximum atomic E-state index is 12.9. The fourth-order valence-electron chi connectivity index (χ4n) is 3.18. The Morgan fingerprint density at radius 3 is 2.32 bits per heavy atom. The van der Waals surface area contributed by atoms with E-state index < -0.39 is 54.0 Å². The molecule has 0 saturated carbocycles. The van der Waals surface area contributed by atoms with Crippen LogP contribution in [0.25, 0.3) is 0 Å². The van der Waals surface area contributed by atoms with Crippen molar-refractivity contribution in [3.63, 3.8) is 0 Å². The van der Waals surface area contributed by atoms with Crippen molar-refractivity contribution in [2.24, 2.45) is 22.2 Å². The predicted molar refractivity (Wildman–Crippen MR) is 111 cm³/mol. The third-order valence-corrected chi connectivity index (χ3v) is 4.86. The third-order valence-electron chi connectivity index (χ3n) is 4.86. The van der Waals surface area contributed by atoms with Crippen molar-refractivity contribution in [2.45, 2.75) is 69.8 Å². The lowest BCUT2D eigenvalue weighted by Crippen LogP contribution is -2.59. The van der Waals surface area contributed by atoms with Gasteiger partial charge in [-0.25, -0.2) is 4.79 Å². The summed E-state index contributed by atoms with van der Waals surface area (Å²) in [5, 5.41) is 24.3. The number of nitrogens with zero attached hydrogens (tertiary/aromatic N) is 2. The Bertz CT molecular complexity index is 693. The van der Waals surface area contributed by atoms with E-state index in [1.807, 2.05) is 0 Å². The Balaban J connectivity index is 2.93. The third kappa shape index (κ3) is 8.02. The largest absolute Gasteiger partial charge is 0.480 e. The van der Waals surface area contributed by atoms with Crippen molar-refractivity contribution in [3.8, 4) is 0 Å². The molecule has 1 heterocycles. The fraction of sp³-hybridized carbons (Fsp3) is 0.722. The van der Waals surface area contributed by atoms with Crippen LogP contribution < -0.4 is 27.8 Å². The van der Waals surface area contributed by atoms with Crippen molar-refractivity contribution < 1.29 is 29.4 Å². The molecule has 0 radical (unpaired) electrons. The number of aliphatic hydroxyl groups is 1. The highest BCUT2D eigenvalue weighted by Crippen LogP contribution is 2.19. The van der Waals surface area contributed by atoms with Gasteiger partial charge in [0.2, 0.25) is 17.7 Å². The lowest BCUT2D eigenvalue weighted by atomic mass is 10.1. The number of carboxylic acid groups (broad SMARTS) is 1. The lowest BCUT2D eigenvalue weighted by molar-refractivity contribution is -0.150. The second-order valence-electron chi connectivity index (χ2n) is 7.55. The summed E-state index contributed by atoms with van der Waals surface area (Å²) in [4.78, 5) is 54.0. The Morgan fingerprint density at radius 2 is 1.81 bits per heavy atom. The van der Waals surface area contributed by atoms with Gasteiger partial charge in [-0.05, 0) is 39.5 Å². The maximum Gasteiger partial charge on any atom is 0.326 e. The number of carbonyl (C=O) groups excluding carboxylic acids is 3. The summed E-state index contributed by atoms with van der Waals surface area (Å²) in [5.41, 5.74) is 16.1. The topological polar surface area (TPSA) is 226 Å². The van der Waals surface area contributed by atoms with Gasteiger partial charge in [0.15, 0.2) is 5.96 Å². The van der Waals surface area contributed by atoms with Gasteiger partial charge in [-0.1, -0.05) is 0 Å². The average Bonchev–Trinajstić information content (AvgIpc) is 3.17. The van der Waals surface area contributed by atoms with Gasteiger partial charge in [0, 0.05) is 13.1 Å². The van der Waals surface area contributed by atoms with Gasteiger partial charge in [-0.15, -0.1) is 0 Å². The summed E-state index contributed by atoms with van der Waals surface area (Å²) in [6, 6.07) is -4.32. The van der Waals surface area contributed by atoms with Crippen LogP contribution in [-0.2, 0) is 19.2 Å². The number of likely N-dealkylation sites (tertiary alicyclic amines) is 1. The quantitative estimate of drug-likeness (QED) is 0.0968. The number of amides is 3. The molecule has 0 spiro atoms. The molecule has 5 atom stereocenters. The summed E-state index contributed by atoms with van der Waals surface area (Å²) >= 11 is 0. The van der Waals surface area contributed by atoms with Crippen LogP contribution in [0, 0.1) is 0 Å². The molecule has 5 unspecified atom stereocenters. The first kappa shape index (κ1) is 26.1. The van der Waals surface area contributed by atoms with E-state index in [1.165, 1.54) is 13.8 Å². The Labute approximate surface area is 180 Å². The van der Waals surface area contributed by atoms with E-state index >= 15 is 0 Å². The van der Waals surface area contributed by atoms with Crippen LogP contribution in [0.15, 0.2) is 4.99 Å². The number of hydrogen-bond donors (Lipinski definition) is 7. The predicted octanol–water partition coefficient (Wildman–Crippen LogP) is -3.19. The fourth-order valence-corrected chi connectivity index (χ4v) is 3.18. The van der Waals surface area contributed by atoms with Crippen molar-refractivity contribution in [3.05, 3.63) is 0 Å². The molecule has 0 bridgehead atoms. The van der Waals surface area contributed by atoms with Crippen LogP contribution in [0.5, 0.6) is 0 Å². The molecular formula is C18H33N7O6. The average molecular weight is 444 g/mol. The van der Waals surface area contributed by atoms with Gasteiger partial charge in [0.1, 0.15) is 18.1 Å². The minimum Gasteiger partial charge on any atom is -0.480 e. The number of carbonyl (C=O) groups is 4. The number of guanidine groups is 1. The molecule has 176 valence electrons. The molecule has 0 aromatic rings. The molecule has 1 saturated heterocycles. The van der Waals surface area contributed by atoms with Gasteiger partial charge in [0.05, 0.1) is 12.1 Å². The van der Waals surface area contributed by atoms with Gasteiger partial charge in [-0.3, -0.25) is 19.4 Å². The SMILES string of the molecule is CC(N)C(=O)NC(CCCN=C(N)N)C(=O)NC(C(=O)N1CCCC1C(=O)O)C(C)O. The van der Waals surface area contributed by atoms with E-state index in [0.717, 1.165) is 4.90 Å². The Hall–Kier alpha value is -2.93. The van der Waals surface area contributed by atoms with Crippen LogP contribution in [0.2, 0.25) is 0 Å². The molecule has 0 aromatic heterocycles. The number of aliphatic carboxylic acids is 1. The molecule has 31 heavy (non-hydrogen) atoms. The molecule has 1 aliphatic rings. The Kier molecular flexibility index (Phi) is 10.1. The zero-order chi connectivity index (χ0) is 23.7. The summed E-state index contributed by atoms with van der Waals surface area (Å²) in [7, 11) is 0. The van der Waals surface area contributed by atoms with Gasteiger partial charge >= 0.3 is 5.97 Å². The summed E-state index contributed by atoms with van der Waals surface area (Å²) < 4.78 is 0. The lowest BCUT2D eigenvalue weighted by Gasteiger charge is -2.30. The van der Waals surface area contributed by atoms with Crippen molar-refractivity contribution in [1.29, 1.82) is 0 Å². The summed E-state index contributed by atoms with van der Waals surface area (Å²) in [5.74, 6) is -3.26. The van der Waals surface area contributed by atoms with E-state index in [9.17, 15) is 29.4 Å². The molecular weight excluding hydrogens is 410 g/mol. The minimum atomic E-state index is -1.38. The Morgan fingerprint density at radius 1 is 1.16 bits per heavy atom. The first-order chi connectivity index (χ1) is 14.5. The normalized spacial score (nSPS) is 19.6. The number of aliphatic imine (C=N–C) groups is 1.